The van der Waals surface area contributed by atoms with Crippen LogP contribution in [-0.2, 0) is 14.3 Å². The Morgan fingerprint density at radius 1 is 1.47 bits per heavy atom. The number of nitrogens with one attached hydrogen (secondary N) is 1. The Hall–Kier alpha value is -0.610. The summed E-state index contributed by atoms with van der Waals surface area (Å²) in [6.45, 7) is 9.74. The summed E-state index contributed by atoms with van der Waals surface area (Å²) >= 11 is 0. The van der Waals surface area contributed by atoms with Gasteiger partial charge in [0.15, 0.2) is 0 Å². The second kappa shape index (κ2) is 5.83. The van der Waals surface area contributed by atoms with Crippen LogP contribution in [0.4, 0.5) is 0 Å². The molecule has 0 aromatic carbocycles. The number of carbonyl (C=O) groups excluding carboxylic acids is 1. The van der Waals surface area contributed by atoms with Crippen molar-refractivity contribution >= 4 is 5.97 Å². The SMILES string of the molecule is COC(=O)CNC1CC(OCC(C)C)C1(C)C. The average Bonchev–Trinajstić information content (AvgIpc) is 2.26. The minimum Gasteiger partial charge on any atom is -0.468 e. The number of hydrogen-bond acceptors (Lipinski definition) is 4. The number of rotatable bonds is 6. The summed E-state index contributed by atoms with van der Waals surface area (Å²) in [5, 5.41) is 3.22. The molecule has 1 fully saturated rings. The number of ether oxygens (including phenoxy) is 2. The first kappa shape index (κ1) is 14.5. The summed E-state index contributed by atoms with van der Waals surface area (Å²) in [5.41, 5.74) is 0.0862. The molecular weight excluding hydrogens is 218 g/mol. The van der Waals surface area contributed by atoms with Crippen LogP contribution in [-0.4, -0.2) is 38.4 Å². The fraction of sp³-hybridized carbons (Fsp3) is 0.923. The van der Waals surface area contributed by atoms with Crippen molar-refractivity contribution in [2.45, 2.75) is 46.3 Å². The monoisotopic (exact) mass is 243 g/mol. The van der Waals surface area contributed by atoms with E-state index in [1.807, 2.05) is 0 Å². The van der Waals surface area contributed by atoms with Gasteiger partial charge in [-0.3, -0.25) is 4.79 Å². The van der Waals surface area contributed by atoms with Gasteiger partial charge in [0.1, 0.15) is 0 Å². The van der Waals surface area contributed by atoms with Gasteiger partial charge in [0.05, 0.1) is 19.8 Å². The highest BCUT2D eigenvalue weighted by atomic mass is 16.5. The van der Waals surface area contributed by atoms with E-state index < -0.39 is 0 Å². The van der Waals surface area contributed by atoms with E-state index >= 15 is 0 Å². The molecule has 2 atom stereocenters. The van der Waals surface area contributed by atoms with Crippen molar-refractivity contribution in [3.63, 3.8) is 0 Å². The summed E-state index contributed by atoms with van der Waals surface area (Å²) < 4.78 is 10.5. The van der Waals surface area contributed by atoms with Gasteiger partial charge in [-0.25, -0.2) is 0 Å². The number of carbonyl (C=O) groups is 1. The highest BCUT2D eigenvalue weighted by Crippen LogP contribution is 2.42. The van der Waals surface area contributed by atoms with Gasteiger partial charge in [-0.1, -0.05) is 27.7 Å². The Kier molecular flexibility index (Phi) is 4.95. The molecule has 0 amide bonds. The van der Waals surface area contributed by atoms with Crippen LogP contribution in [0.15, 0.2) is 0 Å². The fourth-order valence-corrected chi connectivity index (χ4v) is 2.10. The molecule has 1 aliphatic rings. The average molecular weight is 243 g/mol. The van der Waals surface area contributed by atoms with Gasteiger partial charge >= 0.3 is 5.97 Å². The molecule has 0 radical (unpaired) electrons. The molecule has 0 aromatic heterocycles. The van der Waals surface area contributed by atoms with E-state index in [2.05, 4.69) is 37.7 Å². The maximum absolute atomic E-state index is 11.0. The van der Waals surface area contributed by atoms with E-state index in [-0.39, 0.29) is 17.9 Å². The lowest BCUT2D eigenvalue weighted by atomic mass is 9.64. The summed E-state index contributed by atoms with van der Waals surface area (Å²) in [6.07, 6.45) is 1.26. The molecule has 0 spiro atoms. The van der Waals surface area contributed by atoms with Gasteiger partial charge in [-0.2, -0.15) is 0 Å². The predicted molar refractivity (Wildman–Crippen MR) is 66.8 cm³/mol. The van der Waals surface area contributed by atoms with Crippen LogP contribution in [0.1, 0.15) is 34.1 Å². The zero-order valence-corrected chi connectivity index (χ0v) is 11.6. The smallest absolute Gasteiger partial charge is 0.319 e. The molecule has 4 nitrogen and oxygen atoms in total. The molecule has 0 heterocycles. The molecule has 0 bridgehead atoms. The van der Waals surface area contributed by atoms with E-state index in [4.69, 9.17) is 4.74 Å². The zero-order chi connectivity index (χ0) is 13.1. The van der Waals surface area contributed by atoms with Crippen molar-refractivity contribution in [3.8, 4) is 0 Å². The number of methoxy groups -OCH3 is 1. The van der Waals surface area contributed by atoms with Crippen LogP contribution >= 0.6 is 0 Å². The van der Waals surface area contributed by atoms with Crippen LogP contribution in [0.3, 0.4) is 0 Å². The molecule has 17 heavy (non-hydrogen) atoms. The van der Waals surface area contributed by atoms with E-state index in [1.54, 1.807) is 0 Å². The summed E-state index contributed by atoms with van der Waals surface area (Å²) in [7, 11) is 1.41. The van der Waals surface area contributed by atoms with Gasteiger partial charge in [0, 0.05) is 18.1 Å². The lowest BCUT2D eigenvalue weighted by molar-refractivity contribution is -0.143. The third-order valence-electron chi connectivity index (χ3n) is 3.53. The van der Waals surface area contributed by atoms with Crippen molar-refractivity contribution < 1.29 is 14.3 Å². The van der Waals surface area contributed by atoms with Gasteiger partial charge in [-0.05, 0) is 12.3 Å². The Bertz CT molecular complexity index is 263. The third-order valence-corrected chi connectivity index (χ3v) is 3.53. The topological polar surface area (TPSA) is 47.6 Å². The summed E-state index contributed by atoms with van der Waals surface area (Å²) in [5.74, 6) is 0.347. The second-order valence-electron chi connectivity index (χ2n) is 5.78. The quantitative estimate of drug-likeness (QED) is 0.720. The first-order chi connectivity index (χ1) is 7.87. The molecule has 2 unspecified atom stereocenters. The first-order valence-corrected chi connectivity index (χ1v) is 6.29. The van der Waals surface area contributed by atoms with Crippen molar-refractivity contribution in [1.29, 1.82) is 0 Å². The van der Waals surface area contributed by atoms with Crippen LogP contribution in [0.25, 0.3) is 0 Å². The van der Waals surface area contributed by atoms with E-state index in [1.165, 1.54) is 7.11 Å². The lowest BCUT2D eigenvalue weighted by Crippen LogP contribution is -2.61. The number of hydrogen-bond donors (Lipinski definition) is 1. The first-order valence-electron chi connectivity index (χ1n) is 6.29. The second-order valence-corrected chi connectivity index (χ2v) is 5.78. The van der Waals surface area contributed by atoms with Gasteiger partial charge in [-0.15, -0.1) is 0 Å². The predicted octanol–water partition coefficient (Wildman–Crippen LogP) is 1.59. The van der Waals surface area contributed by atoms with Crippen molar-refractivity contribution in [3.05, 3.63) is 0 Å². The third kappa shape index (κ3) is 3.68. The summed E-state index contributed by atoms with van der Waals surface area (Å²) in [6, 6.07) is 0.332. The Morgan fingerprint density at radius 3 is 2.59 bits per heavy atom. The van der Waals surface area contributed by atoms with Gasteiger partial charge < -0.3 is 14.8 Å². The normalized spacial score (nSPS) is 26.7. The van der Waals surface area contributed by atoms with Crippen LogP contribution in [0.5, 0.6) is 0 Å². The molecule has 4 heteroatoms. The highest BCUT2D eigenvalue weighted by Gasteiger charge is 2.48. The highest BCUT2D eigenvalue weighted by molar-refractivity contribution is 5.71. The molecule has 0 saturated heterocycles. The van der Waals surface area contributed by atoms with Crippen LogP contribution in [0, 0.1) is 11.3 Å². The molecule has 0 aromatic rings. The molecule has 100 valence electrons. The number of esters is 1. The Labute approximate surface area is 104 Å². The molecular formula is C13H25NO3. The van der Waals surface area contributed by atoms with Gasteiger partial charge in [0.2, 0.25) is 0 Å². The Balaban J connectivity index is 2.31. The fourth-order valence-electron chi connectivity index (χ4n) is 2.10. The molecule has 1 saturated carbocycles. The summed E-state index contributed by atoms with van der Waals surface area (Å²) in [4.78, 5) is 11.0. The van der Waals surface area contributed by atoms with E-state index in [0.717, 1.165) is 13.0 Å². The zero-order valence-electron chi connectivity index (χ0n) is 11.6. The van der Waals surface area contributed by atoms with Crippen molar-refractivity contribution in [1.82, 2.24) is 5.32 Å². The Morgan fingerprint density at radius 2 is 2.12 bits per heavy atom. The maximum Gasteiger partial charge on any atom is 0.319 e. The van der Waals surface area contributed by atoms with Crippen molar-refractivity contribution in [2.75, 3.05) is 20.3 Å². The largest absolute Gasteiger partial charge is 0.468 e. The van der Waals surface area contributed by atoms with Crippen LogP contribution < -0.4 is 5.32 Å². The van der Waals surface area contributed by atoms with E-state index in [9.17, 15) is 4.79 Å². The lowest BCUT2D eigenvalue weighted by Gasteiger charge is -2.52. The maximum atomic E-state index is 11.0. The minimum absolute atomic E-state index is 0.0862. The van der Waals surface area contributed by atoms with E-state index in [0.29, 0.717) is 18.1 Å². The standard InChI is InChI=1S/C13H25NO3/c1-9(2)8-17-11-6-10(13(11,3)4)14-7-12(15)16-5/h9-11,14H,6-8H2,1-5H3. The van der Waals surface area contributed by atoms with Gasteiger partial charge in [0.25, 0.3) is 0 Å². The molecule has 1 N–H and O–H groups in total. The molecule has 0 aliphatic heterocycles. The minimum atomic E-state index is -0.215. The van der Waals surface area contributed by atoms with Crippen molar-refractivity contribution in [2.24, 2.45) is 11.3 Å². The molecule has 1 aliphatic carbocycles. The van der Waals surface area contributed by atoms with Crippen LogP contribution in [0.2, 0.25) is 0 Å². The molecule has 1 rings (SSSR count).